The highest BCUT2D eigenvalue weighted by Gasteiger charge is 2.16. The lowest BCUT2D eigenvalue weighted by Crippen LogP contribution is -2.33. The first-order valence-electron chi connectivity index (χ1n) is 6.10. The van der Waals surface area contributed by atoms with Crippen LogP contribution in [-0.2, 0) is 0 Å². The summed E-state index contributed by atoms with van der Waals surface area (Å²) >= 11 is 6.15. The van der Waals surface area contributed by atoms with Crippen LogP contribution in [0.15, 0.2) is 6.33 Å². The molecule has 0 atom stereocenters. The zero-order chi connectivity index (χ0) is 12.8. The molecule has 1 heterocycles. The van der Waals surface area contributed by atoms with Gasteiger partial charge in [0.2, 0.25) is 0 Å². The van der Waals surface area contributed by atoms with Crippen LogP contribution in [0.25, 0.3) is 0 Å². The Bertz CT molecular complexity index is 354. The largest absolute Gasteiger partial charge is 0.382 e. The summed E-state index contributed by atoms with van der Waals surface area (Å²) in [4.78, 5) is 10.3. The number of rotatable bonds is 6. The van der Waals surface area contributed by atoms with Gasteiger partial charge in [-0.3, -0.25) is 0 Å². The van der Waals surface area contributed by atoms with Crippen LogP contribution in [-0.4, -0.2) is 22.6 Å². The minimum atomic E-state index is 0.345. The van der Waals surface area contributed by atoms with Crippen molar-refractivity contribution in [3.05, 3.63) is 11.3 Å². The van der Waals surface area contributed by atoms with Gasteiger partial charge in [-0.1, -0.05) is 31.4 Å². The van der Waals surface area contributed by atoms with E-state index in [9.17, 15) is 0 Å². The van der Waals surface area contributed by atoms with Crippen LogP contribution in [0.3, 0.4) is 0 Å². The maximum absolute atomic E-state index is 6.15. The van der Waals surface area contributed by atoms with Crippen molar-refractivity contribution in [1.29, 1.82) is 0 Å². The number of hydrogen-bond acceptors (Lipinski definition) is 4. The summed E-state index contributed by atoms with van der Waals surface area (Å²) in [6.07, 6.45) is 5.01. The molecule has 2 N–H and O–H groups in total. The van der Waals surface area contributed by atoms with Gasteiger partial charge in [-0.2, -0.15) is 0 Å². The molecule has 5 heteroatoms. The van der Waals surface area contributed by atoms with Crippen LogP contribution in [0.1, 0.15) is 40.0 Å². The van der Waals surface area contributed by atoms with Crippen molar-refractivity contribution in [1.82, 2.24) is 9.97 Å². The fourth-order valence-electron chi connectivity index (χ4n) is 1.71. The molecule has 1 aromatic heterocycles. The Kier molecular flexibility index (Phi) is 5.48. The third kappa shape index (κ3) is 3.73. The molecule has 0 aliphatic carbocycles. The molecular weight excluding hydrogens is 236 g/mol. The van der Waals surface area contributed by atoms with E-state index in [-0.39, 0.29) is 0 Å². The van der Waals surface area contributed by atoms with Gasteiger partial charge in [0.1, 0.15) is 17.2 Å². The third-order valence-electron chi connectivity index (χ3n) is 2.70. The molecule has 0 saturated carbocycles. The van der Waals surface area contributed by atoms with Gasteiger partial charge in [0.25, 0.3) is 0 Å². The molecular formula is C12H21ClN4. The summed E-state index contributed by atoms with van der Waals surface area (Å²) in [7, 11) is 0. The number of aromatic nitrogens is 2. The maximum Gasteiger partial charge on any atom is 0.153 e. The minimum absolute atomic E-state index is 0.345. The van der Waals surface area contributed by atoms with Gasteiger partial charge >= 0.3 is 0 Å². The fraction of sp³-hybridized carbons (Fsp3) is 0.667. The molecule has 0 spiro atoms. The van der Waals surface area contributed by atoms with E-state index < -0.39 is 0 Å². The molecule has 0 fully saturated rings. The normalized spacial score (nSPS) is 10.9. The van der Waals surface area contributed by atoms with E-state index >= 15 is 0 Å². The van der Waals surface area contributed by atoms with Gasteiger partial charge in [-0.05, 0) is 20.3 Å². The van der Waals surface area contributed by atoms with Crippen LogP contribution < -0.4 is 10.6 Å². The predicted molar refractivity (Wildman–Crippen MR) is 73.5 cm³/mol. The van der Waals surface area contributed by atoms with Crippen LogP contribution >= 0.6 is 11.6 Å². The Morgan fingerprint density at radius 3 is 2.65 bits per heavy atom. The summed E-state index contributed by atoms with van der Waals surface area (Å²) in [6.45, 7) is 7.39. The Balaban J connectivity index is 2.86. The second kappa shape index (κ2) is 6.64. The highest BCUT2D eigenvalue weighted by atomic mass is 35.5. The summed E-state index contributed by atoms with van der Waals surface area (Å²) in [5.41, 5.74) is 5.70. The van der Waals surface area contributed by atoms with E-state index in [2.05, 4.69) is 35.6 Å². The second-order valence-electron chi connectivity index (χ2n) is 4.39. The smallest absolute Gasteiger partial charge is 0.153 e. The summed E-state index contributed by atoms with van der Waals surface area (Å²) in [6, 6.07) is 0.346. The van der Waals surface area contributed by atoms with Crippen molar-refractivity contribution in [2.75, 3.05) is 17.2 Å². The zero-order valence-corrected chi connectivity index (χ0v) is 11.5. The topological polar surface area (TPSA) is 55.0 Å². The van der Waals surface area contributed by atoms with Crippen molar-refractivity contribution in [3.8, 4) is 0 Å². The number of anilines is 2. The van der Waals surface area contributed by atoms with Crippen molar-refractivity contribution >= 4 is 23.2 Å². The number of halogens is 1. The van der Waals surface area contributed by atoms with E-state index in [1.165, 1.54) is 19.2 Å². The van der Waals surface area contributed by atoms with Crippen molar-refractivity contribution in [3.63, 3.8) is 0 Å². The SMILES string of the molecule is CCCCCN(c1ncnc(N)c1Cl)C(C)C. The fourth-order valence-corrected chi connectivity index (χ4v) is 1.92. The molecule has 0 radical (unpaired) electrons. The maximum atomic E-state index is 6.15. The van der Waals surface area contributed by atoms with Gasteiger partial charge in [0, 0.05) is 12.6 Å². The Labute approximate surface area is 108 Å². The second-order valence-corrected chi connectivity index (χ2v) is 4.77. The van der Waals surface area contributed by atoms with Crippen LogP contribution in [0.4, 0.5) is 11.6 Å². The van der Waals surface area contributed by atoms with Crippen molar-refractivity contribution in [2.45, 2.75) is 46.1 Å². The lowest BCUT2D eigenvalue weighted by atomic mass is 10.2. The first kappa shape index (κ1) is 14.0. The lowest BCUT2D eigenvalue weighted by Gasteiger charge is -2.28. The highest BCUT2D eigenvalue weighted by Crippen LogP contribution is 2.28. The van der Waals surface area contributed by atoms with Gasteiger partial charge in [-0.15, -0.1) is 0 Å². The van der Waals surface area contributed by atoms with E-state index in [0.717, 1.165) is 18.8 Å². The molecule has 96 valence electrons. The van der Waals surface area contributed by atoms with Crippen LogP contribution in [0.5, 0.6) is 0 Å². The molecule has 1 rings (SSSR count). The number of unbranched alkanes of at least 4 members (excludes halogenated alkanes) is 2. The molecule has 0 bridgehead atoms. The molecule has 4 nitrogen and oxygen atoms in total. The summed E-state index contributed by atoms with van der Waals surface area (Å²) < 4.78 is 0. The molecule has 17 heavy (non-hydrogen) atoms. The highest BCUT2D eigenvalue weighted by molar-refractivity contribution is 6.35. The first-order chi connectivity index (χ1) is 8.07. The monoisotopic (exact) mass is 256 g/mol. The number of nitrogens with zero attached hydrogens (tertiary/aromatic N) is 3. The Morgan fingerprint density at radius 1 is 1.35 bits per heavy atom. The van der Waals surface area contributed by atoms with Crippen LogP contribution in [0.2, 0.25) is 5.02 Å². The first-order valence-corrected chi connectivity index (χ1v) is 6.48. The summed E-state index contributed by atoms with van der Waals surface area (Å²) in [5, 5.41) is 0.456. The van der Waals surface area contributed by atoms with Crippen molar-refractivity contribution < 1.29 is 0 Å². The van der Waals surface area contributed by atoms with Crippen molar-refractivity contribution in [2.24, 2.45) is 0 Å². The average Bonchev–Trinajstić information content (AvgIpc) is 2.29. The average molecular weight is 257 g/mol. The molecule has 0 aromatic carbocycles. The lowest BCUT2D eigenvalue weighted by molar-refractivity contribution is 0.619. The molecule has 0 saturated heterocycles. The van der Waals surface area contributed by atoms with E-state index in [1.807, 2.05) is 0 Å². The number of nitrogen functional groups attached to an aromatic ring is 1. The Morgan fingerprint density at radius 2 is 2.06 bits per heavy atom. The van der Waals surface area contributed by atoms with Gasteiger partial charge in [-0.25, -0.2) is 9.97 Å². The third-order valence-corrected chi connectivity index (χ3v) is 3.06. The van der Waals surface area contributed by atoms with Gasteiger partial charge < -0.3 is 10.6 Å². The van der Waals surface area contributed by atoms with E-state index in [4.69, 9.17) is 17.3 Å². The number of nitrogens with two attached hydrogens (primary N) is 1. The molecule has 0 aliphatic rings. The van der Waals surface area contributed by atoms with Gasteiger partial charge in [0.05, 0.1) is 0 Å². The minimum Gasteiger partial charge on any atom is -0.382 e. The van der Waals surface area contributed by atoms with Gasteiger partial charge in [0.15, 0.2) is 5.82 Å². The number of hydrogen-bond donors (Lipinski definition) is 1. The van der Waals surface area contributed by atoms with E-state index in [0.29, 0.717) is 16.9 Å². The van der Waals surface area contributed by atoms with Crippen LogP contribution in [0, 0.1) is 0 Å². The van der Waals surface area contributed by atoms with E-state index in [1.54, 1.807) is 0 Å². The standard InChI is InChI=1S/C12H21ClN4/c1-4-5-6-7-17(9(2)3)12-10(13)11(14)15-8-16-12/h8-9H,4-7H2,1-3H3,(H2,14,15,16). The quantitative estimate of drug-likeness (QED) is 0.795. The summed E-state index contributed by atoms with van der Waals surface area (Å²) in [5.74, 6) is 1.09. The Hall–Kier alpha value is -1.03. The molecule has 0 aliphatic heterocycles. The molecule has 1 aromatic rings. The molecule has 0 unspecified atom stereocenters. The molecule has 0 amide bonds. The predicted octanol–water partition coefficient (Wildman–Crippen LogP) is 3.12. The zero-order valence-electron chi connectivity index (χ0n) is 10.8.